The Morgan fingerprint density at radius 1 is 1.18 bits per heavy atom. The molecule has 1 N–H and O–H groups in total. The summed E-state index contributed by atoms with van der Waals surface area (Å²) in [5.41, 5.74) is 1.95. The molecule has 1 aromatic carbocycles. The van der Waals surface area contributed by atoms with Gasteiger partial charge in [0.25, 0.3) is 0 Å². The summed E-state index contributed by atoms with van der Waals surface area (Å²) < 4.78 is 1.82. The summed E-state index contributed by atoms with van der Waals surface area (Å²) in [6, 6.07) is 12.1. The lowest BCUT2D eigenvalue weighted by molar-refractivity contribution is 0.510. The van der Waals surface area contributed by atoms with Gasteiger partial charge in [-0.25, -0.2) is 19.6 Å². The first-order valence-electron chi connectivity index (χ1n) is 7.21. The van der Waals surface area contributed by atoms with Crippen LogP contribution in [-0.4, -0.2) is 31.3 Å². The number of anilines is 1. The van der Waals surface area contributed by atoms with Crippen LogP contribution < -0.4 is 5.32 Å². The third-order valence-corrected chi connectivity index (χ3v) is 3.35. The van der Waals surface area contributed by atoms with Gasteiger partial charge in [-0.05, 0) is 13.8 Å². The molecule has 2 heterocycles. The van der Waals surface area contributed by atoms with E-state index in [4.69, 9.17) is 0 Å². The molecule has 0 radical (unpaired) electrons. The summed E-state index contributed by atoms with van der Waals surface area (Å²) >= 11 is 0. The number of benzene rings is 1. The molecule has 0 bridgehead atoms. The fourth-order valence-corrected chi connectivity index (χ4v) is 2.17. The first kappa shape index (κ1) is 14.2. The maximum atomic E-state index is 4.59. The first-order chi connectivity index (χ1) is 10.7. The van der Waals surface area contributed by atoms with E-state index in [0.717, 1.165) is 22.9 Å². The molecule has 0 unspecified atom stereocenters. The highest BCUT2D eigenvalue weighted by Crippen LogP contribution is 2.17. The van der Waals surface area contributed by atoms with Crippen molar-refractivity contribution in [3.8, 4) is 11.4 Å². The largest absolute Gasteiger partial charge is 0.368 e. The van der Waals surface area contributed by atoms with Crippen LogP contribution in [-0.2, 0) is 0 Å². The van der Waals surface area contributed by atoms with Crippen LogP contribution in [0, 0.1) is 6.92 Å². The van der Waals surface area contributed by atoms with Crippen LogP contribution >= 0.6 is 0 Å². The molecule has 22 heavy (non-hydrogen) atoms. The van der Waals surface area contributed by atoms with Crippen LogP contribution in [0.25, 0.3) is 11.4 Å². The van der Waals surface area contributed by atoms with Gasteiger partial charge in [0, 0.05) is 23.9 Å². The molecule has 6 heteroatoms. The zero-order chi connectivity index (χ0) is 15.4. The predicted octanol–water partition coefficient (Wildman–Crippen LogP) is 2.72. The van der Waals surface area contributed by atoms with Gasteiger partial charge in [-0.15, -0.1) is 0 Å². The topological polar surface area (TPSA) is 68.5 Å². The van der Waals surface area contributed by atoms with E-state index in [1.807, 2.05) is 48.0 Å². The molecular weight excluding hydrogens is 276 g/mol. The monoisotopic (exact) mass is 294 g/mol. The number of aromatic nitrogens is 5. The summed E-state index contributed by atoms with van der Waals surface area (Å²) in [5.74, 6) is 1.55. The number of nitrogens with zero attached hydrogens (tertiary/aromatic N) is 5. The van der Waals surface area contributed by atoms with Crippen molar-refractivity contribution in [1.82, 2.24) is 24.7 Å². The standard InChI is InChI=1S/C16H18N6/c1-12-8-15(18-9-13(2)22-11-17-10-19-22)21-16(20-12)14-6-4-3-5-7-14/h3-8,10-11,13H,9H2,1-2H3,(H,18,20,21)/t13-/m0/s1. The maximum absolute atomic E-state index is 4.59. The Hall–Kier alpha value is -2.76. The fraction of sp³-hybridized carbons (Fsp3) is 0.250. The van der Waals surface area contributed by atoms with E-state index in [0.29, 0.717) is 6.54 Å². The van der Waals surface area contributed by atoms with Gasteiger partial charge in [-0.3, -0.25) is 0 Å². The lowest BCUT2D eigenvalue weighted by Gasteiger charge is -2.14. The van der Waals surface area contributed by atoms with Gasteiger partial charge in [0.1, 0.15) is 18.5 Å². The molecule has 0 aliphatic rings. The fourth-order valence-electron chi connectivity index (χ4n) is 2.17. The second-order valence-corrected chi connectivity index (χ2v) is 5.19. The van der Waals surface area contributed by atoms with Crippen LogP contribution in [0.5, 0.6) is 0 Å². The number of nitrogens with one attached hydrogen (secondary N) is 1. The molecule has 2 aromatic heterocycles. The lowest BCUT2D eigenvalue weighted by Crippen LogP contribution is -2.17. The third kappa shape index (κ3) is 3.28. The second-order valence-electron chi connectivity index (χ2n) is 5.19. The molecule has 3 rings (SSSR count). The third-order valence-electron chi connectivity index (χ3n) is 3.35. The number of hydrogen-bond acceptors (Lipinski definition) is 5. The van der Waals surface area contributed by atoms with Gasteiger partial charge in [0.05, 0.1) is 6.04 Å². The van der Waals surface area contributed by atoms with Gasteiger partial charge < -0.3 is 5.32 Å². The highest BCUT2D eigenvalue weighted by molar-refractivity contribution is 5.57. The van der Waals surface area contributed by atoms with Crippen LogP contribution in [0.2, 0.25) is 0 Å². The molecule has 0 fully saturated rings. The maximum Gasteiger partial charge on any atom is 0.161 e. The highest BCUT2D eigenvalue weighted by Gasteiger charge is 2.08. The Labute approximate surface area is 129 Å². The van der Waals surface area contributed by atoms with E-state index in [1.165, 1.54) is 0 Å². The number of aryl methyl sites for hydroxylation is 1. The van der Waals surface area contributed by atoms with Crippen LogP contribution in [0.3, 0.4) is 0 Å². The Kier molecular flexibility index (Phi) is 4.09. The molecule has 3 aromatic rings. The smallest absolute Gasteiger partial charge is 0.161 e. The molecule has 112 valence electrons. The quantitative estimate of drug-likeness (QED) is 0.783. The molecule has 1 atom stereocenters. The Balaban J connectivity index is 1.75. The molecule has 0 saturated carbocycles. The van der Waals surface area contributed by atoms with Crippen molar-refractivity contribution in [3.63, 3.8) is 0 Å². The molecule has 0 aliphatic carbocycles. The second kappa shape index (κ2) is 6.34. The Morgan fingerprint density at radius 3 is 2.73 bits per heavy atom. The van der Waals surface area contributed by atoms with Gasteiger partial charge >= 0.3 is 0 Å². The minimum Gasteiger partial charge on any atom is -0.368 e. The molecule has 0 saturated heterocycles. The van der Waals surface area contributed by atoms with Crippen molar-refractivity contribution >= 4 is 5.82 Å². The number of rotatable bonds is 5. The van der Waals surface area contributed by atoms with Crippen molar-refractivity contribution in [2.45, 2.75) is 19.9 Å². The molecule has 0 amide bonds. The Morgan fingerprint density at radius 2 is 2.00 bits per heavy atom. The van der Waals surface area contributed by atoms with Crippen LogP contribution in [0.15, 0.2) is 49.1 Å². The van der Waals surface area contributed by atoms with Crippen molar-refractivity contribution in [2.24, 2.45) is 0 Å². The van der Waals surface area contributed by atoms with E-state index < -0.39 is 0 Å². The predicted molar refractivity (Wildman–Crippen MR) is 85.4 cm³/mol. The SMILES string of the molecule is Cc1cc(NC[C@H](C)n2cncn2)nc(-c2ccccc2)n1. The number of hydrogen-bond donors (Lipinski definition) is 1. The summed E-state index contributed by atoms with van der Waals surface area (Å²) in [6.45, 7) is 4.77. The average Bonchev–Trinajstić information content (AvgIpc) is 3.07. The zero-order valence-electron chi connectivity index (χ0n) is 12.6. The molecule has 0 spiro atoms. The Bertz CT molecular complexity index is 724. The van der Waals surface area contributed by atoms with Crippen molar-refractivity contribution in [1.29, 1.82) is 0 Å². The molecule has 6 nitrogen and oxygen atoms in total. The van der Waals surface area contributed by atoms with E-state index in [2.05, 4.69) is 32.3 Å². The highest BCUT2D eigenvalue weighted by atomic mass is 15.3. The van der Waals surface area contributed by atoms with E-state index in [1.54, 1.807) is 12.7 Å². The zero-order valence-corrected chi connectivity index (χ0v) is 12.6. The summed E-state index contributed by atoms with van der Waals surface area (Å²) in [4.78, 5) is 13.1. The van der Waals surface area contributed by atoms with Crippen molar-refractivity contribution < 1.29 is 0 Å². The summed E-state index contributed by atoms with van der Waals surface area (Å²) in [6.07, 6.45) is 3.26. The summed E-state index contributed by atoms with van der Waals surface area (Å²) in [5, 5.41) is 7.49. The molecule has 0 aliphatic heterocycles. The van der Waals surface area contributed by atoms with E-state index in [9.17, 15) is 0 Å². The van der Waals surface area contributed by atoms with Crippen molar-refractivity contribution in [2.75, 3.05) is 11.9 Å². The lowest BCUT2D eigenvalue weighted by atomic mass is 10.2. The normalized spacial score (nSPS) is 12.1. The first-order valence-corrected chi connectivity index (χ1v) is 7.21. The van der Waals surface area contributed by atoms with Gasteiger partial charge in [0.15, 0.2) is 5.82 Å². The van der Waals surface area contributed by atoms with Gasteiger partial charge in [-0.2, -0.15) is 5.10 Å². The van der Waals surface area contributed by atoms with Crippen molar-refractivity contribution in [3.05, 3.63) is 54.7 Å². The van der Waals surface area contributed by atoms with Crippen LogP contribution in [0.1, 0.15) is 18.7 Å². The summed E-state index contributed by atoms with van der Waals surface area (Å²) in [7, 11) is 0. The minimum atomic E-state index is 0.193. The van der Waals surface area contributed by atoms with E-state index in [-0.39, 0.29) is 6.04 Å². The van der Waals surface area contributed by atoms with E-state index >= 15 is 0 Å². The average molecular weight is 294 g/mol. The van der Waals surface area contributed by atoms with Crippen LogP contribution in [0.4, 0.5) is 5.82 Å². The van der Waals surface area contributed by atoms with Gasteiger partial charge in [0.2, 0.25) is 0 Å². The molecular formula is C16H18N6. The van der Waals surface area contributed by atoms with Gasteiger partial charge in [-0.1, -0.05) is 30.3 Å². The minimum absolute atomic E-state index is 0.193.